The van der Waals surface area contributed by atoms with Crippen LogP contribution in [0.25, 0.3) is 0 Å². The molecule has 1 rings (SSSR count). The molecule has 0 bridgehead atoms. The van der Waals surface area contributed by atoms with E-state index in [0.29, 0.717) is 19.6 Å². The normalized spacial score (nSPS) is 21.9. The molecule has 2 amide bonds. The summed E-state index contributed by atoms with van der Waals surface area (Å²) in [5.41, 5.74) is 0. The Labute approximate surface area is 76.8 Å². The summed E-state index contributed by atoms with van der Waals surface area (Å²) in [6.07, 6.45) is 1.05. The third kappa shape index (κ3) is 2.93. The predicted octanol–water partition coefficient (Wildman–Crippen LogP) is 0.0111. The van der Waals surface area contributed by atoms with E-state index in [2.05, 4.69) is 15.4 Å². The first-order valence-corrected chi connectivity index (χ1v) is 4.45. The van der Waals surface area contributed by atoms with E-state index in [0.717, 1.165) is 6.42 Å². The zero-order valence-electron chi connectivity index (χ0n) is 7.63. The number of hydrogen-bond acceptors (Lipinski definition) is 3. The van der Waals surface area contributed by atoms with Gasteiger partial charge in [0.25, 0.3) is 0 Å². The number of hydrogen-bond donors (Lipinski definition) is 2. The van der Waals surface area contributed by atoms with Gasteiger partial charge in [-0.1, -0.05) is 0 Å². The van der Waals surface area contributed by atoms with Crippen molar-refractivity contribution in [3.05, 3.63) is 0 Å². The van der Waals surface area contributed by atoms with E-state index < -0.39 is 12.1 Å². The number of alkyl carbamates (subject to hydrolysis) is 1. The zero-order valence-corrected chi connectivity index (χ0v) is 7.63. The summed E-state index contributed by atoms with van der Waals surface area (Å²) in [5, 5.41) is 5.17. The maximum absolute atomic E-state index is 11.2. The maximum atomic E-state index is 11.2. The van der Waals surface area contributed by atoms with Gasteiger partial charge in [-0.05, 0) is 19.8 Å². The Morgan fingerprint density at radius 1 is 1.77 bits per heavy atom. The number of piperidine rings is 1. The summed E-state index contributed by atoms with van der Waals surface area (Å²) in [6, 6.07) is -0.423. The SMILES string of the molecule is CCOC(=O)N[C@H]1CCCNC1=O. The summed E-state index contributed by atoms with van der Waals surface area (Å²) < 4.78 is 4.66. The molecule has 0 spiro atoms. The molecule has 1 atom stereocenters. The smallest absolute Gasteiger partial charge is 0.407 e. The minimum Gasteiger partial charge on any atom is -0.450 e. The van der Waals surface area contributed by atoms with Crippen LogP contribution in [0.2, 0.25) is 0 Å². The highest BCUT2D eigenvalue weighted by Crippen LogP contribution is 2.02. The van der Waals surface area contributed by atoms with Crippen LogP contribution in [0.1, 0.15) is 19.8 Å². The summed E-state index contributed by atoms with van der Waals surface area (Å²) in [7, 11) is 0. The van der Waals surface area contributed by atoms with Gasteiger partial charge in [0.2, 0.25) is 5.91 Å². The number of amides is 2. The van der Waals surface area contributed by atoms with E-state index in [4.69, 9.17) is 0 Å². The van der Waals surface area contributed by atoms with Crippen LogP contribution in [0, 0.1) is 0 Å². The summed E-state index contributed by atoms with van der Waals surface area (Å²) in [6.45, 7) is 2.74. The molecule has 1 heterocycles. The van der Waals surface area contributed by atoms with Crippen LogP contribution in [0.3, 0.4) is 0 Å². The lowest BCUT2D eigenvalue weighted by Gasteiger charge is -2.22. The molecule has 0 aromatic rings. The second-order valence-electron chi connectivity index (χ2n) is 2.85. The second kappa shape index (κ2) is 4.69. The molecule has 74 valence electrons. The van der Waals surface area contributed by atoms with Gasteiger partial charge in [-0.25, -0.2) is 4.79 Å². The van der Waals surface area contributed by atoms with Crippen molar-refractivity contribution >= 4 is 12.0 Å². The van der Waals surface area contributed by atoms with Crippen LogP contribution in [0.5, 0.6) is 0 Å². The highest BCUT2D eigenvalue weighted by molar-refractivity contribution is 5.86. The molecule has 0 aromatic carbocycles. The average Bonchev–Trinajstić information content (AvgIpc) is 2.09. The quantitative estimate of drug-likeness (QED) is 0.638. The molecule has 1 saturated heterocycles. The van der Waals surface area contributed by atoms with Crippen LogP contribution in [0.4, 0.5) is 4.79 Å². The van der Waals surface area contributed by atoms with Gasteiger partial charge in [0, 0.05) is 6.54 Å². The van der Waals surface area contributed by atoms with Gasteiger partial charge in [0.05, 0.1) is 6.61 Å². The van der Waals surface area contributed by atoms with Gasteiger partial charge in [-0.2, -0.15) is 0 Å². The van der Waals surface area contributed by atoms with Crippen LogP contribution < -0.4 is 10.6 Å². The lowest BCUT2D eigenvalue weighted by atomic mass is 10.1. The lowest BCUT2D eigenvalue weighted by Crippen LogP contribution is -2.50. The fraction of sp³-hybridized carbons (Fsp3) is 0.750. The molecule has 2 N–H and O–H groups in total. The monoisotopic (exact) mass is 186 g/mol. The Morgan fingerprint density at radius 3 is 3.15 bits per heavy atom. The summed E-state index contributed by atoms with van der Waals surface area (Å²) in [4.78, 5) is 22.1. The van der Waals surface area contributed by atoms with E-state index >= 15 is 0 Å². The molecule has 0 aromatic heterocycles. The summed E-state index contributed by atoms with van der Waals surface area (Å²) >= 11 is 0. The Bertz CT molecular complexity index is 206. The minimum absolute atomic E-state index is 0.126. The number of rotatable bonds is 2. The molecular formula is C8H14N2O3. The highest BCUT2D eigenvalue weighted by Gasteiger charge is 2.23. The van der Waals surface area contributed by atoms with E-state index in [9.17, 15) is 9.59 Å². The van der Waals surface area contributed by atoms with Crippen LogP contribution >= 0.6 is 0 Å². The molecule has 1 aliphatic heterocycles. The van der Waals surface area contributed by atoms with Crippen LogP contribution in [0.15, 0.2) is 0 Å². The number of ether oxygens (including phenoxy) is 1. The van der Waals surface area contributed by atoms with Gasteiger partial charge in [-0.3, -0.25) is 4.79 Å². The Hall–Kier alpha value is -1.26. The van der Waals surface area contributed by atoms with Crippen molar-refractivity contribution in [3.63, 3.8) is 0 Å². The van der Waals surface area contributed by atoms with E-state index in [1.165, 1.54) is 0 Å². The molecule has 5 nitrogen and oxygen atoms in total. The predicted molar refractivity (Wildman–Crippen MR) is 46.2 cm³/mol. The van der Waals surface area contributed by atoms with Gasteiger partial charge < -0.3 is 15.4 Å². The molecule has 0 radical (unpaired) electrons. The second-order valence-corrected chi connectivity index (χ2v) is 2.85. The molecule has 1 aliphatic rings. The van der Waals surface area contributed by atoms with Gasteiger partial charge in [0.15, 0.2) is 0 Å². The van der Waals surface area contributed by atoms with Gasteiger partial charge in [-0.15, -0.1) is 0 Å². The first kappa shape index (κ1) is 9.83. The van der Waals surface area contributed by atoms with E-state index in [-0.39, 0.29) is 5.91 Å². The Balaban J connectivity index is 2.33. The van der Waals surface area contributed by atoms with Crippen molar-refractivity contribution in [3.8, 4) is 0 Å². The van der Waals surface area contributed by atoms with Crippen molar-refractivity contribution in [2.75, 3.05) is 13.2 Å². The van der Waals surface area contributed by atoms with Crippen molar-refractivity contribution < 1.29 is 14.3 Å². The Morgan fingerprint density at radius 2 is 2.54 bits per heavy atom. The highest BCUT2D eigenvalue weighted by atomic mass is 16.5. The molecule has 5 heteroatoms. The lowest BCUT2D eigenvalue weighted by molar-refractivity contribution is -0.124. The Kier molecular flexibility index (Phi) is 3.54. The standard InChI is InChI=1S/C8H14N2O3/c1-2-13-8(12)10-6-4-3-5-9-7(6)11/h6H,2-5H2,1H3,(H,9,11)(H,10,12)/t6-/m0/s1. The van der Waals surface area contributed by atoms with Crippen molar-refractivity contribution in [1.29, 1.82) is 0 Å². The summed E-state index contributed by atoms with van der Waals surface area (Å²) in [5.74, 6) is -0.126. The van der Waals surface area contributed by atoms with Gasteiger partial charge in [0.1, 0.15) is 6.04 Å². The molecule has 13 heavy (non-hydrogen) atoms. The van der Waals surface area contributed by atoms with E-state index in [1.807, 2.05) is 0 Å². The van der Waals surface area contributed by atoms with Crippen molar-refractivity contribution in [1.82, 2.24) is 10.6 Å². The fourth-order valence-electron chi connectivity index (χ4n) is 1.22. The maximum Gasteiger partial charge on any atom is 0.407 e. The molecule has 0 unspecified atom stereocenters. The largest absolute Gasteiger partial charge is 0.450 e. The van der Waals surface area contributed by atoms with Crippen molar-refractivity contribution in [2.45, 2.75) is 25.8 Å². The third-order valence-electron chi connectivity index (χ3n) is 1.85. The number of nitrogens with one attached hydrogen (secondary N) is 2. The zero-order chi connectivity index (χ0) is 9.68. The minimum atomic E-state index is -0.524. The molecular weight excluding hydrogens is 172 g/mol. The first-order valence-electron chi connectivity index (χ1n) is 4.45. The van der Waals surface area contributed by atoms with Gasteiger partial charge >= 0.3 is 6.09 Å². The van der Waals surface area contributed by atoms with Crippen molar-refractivity contribution in [2.24, 2.45) is 0 Å². The first-order chi connectivity index (χ1) is 6.24. The van der Waals surface area contributed by atoms with Crippen LogP contribution in [-0.2, 0) is 9.53 Å². The number of carbonyl (C=O) groups is 2. The third-order valence-corrected chi connectivity index (χ3v) is 1.85. The molecule has 0 saturated carbocycles. The fourth-order valence-corrected chi connectivity index (χ4v) is 1.22. The van der Waals surface area contributed by atoms with E-state index in [1.54, 1.807) is 6.92 Å². The molecule has 0 aliphatic carbocycles. The van der Waals surface area contributed by atoms with Crippen LogP contribution in [-0.4, -0.2) is 31.2 Å². The average molecular weight is 186 g/mol. The number of carbonyl (C=O) groups excluding carboxylic acids is 2. The topological polar surface area (TPSA) is 67.4 Å². The molecule has 1 fully saturated rings.